The lowest BCUT2D eigenvalue weighted by molar-refractivity contribution is 0.0635. The number of rotatable bonds is 6. The summed E-state index contributed by atoms with van der Waals surface area (Å²) in [4.78, 5) is 12.0. The monoisotopic (exact) mass is 324 g/mol. The smallest absolute Gasteiger partial charge is 0.412 e. The molecule has 2 N–H and O–H groups in total. The molecular formula is C17H28N2O4. The van der Waals surface area contributed by atoms with E-state index in [1.807, 2.05) is 46.8 Å². The van der Waals surface area contributed by atoms with Gasteiger partial charge in [-0.15, -0.1) is 0 Å². The SMILES string of the molecule is COc1ccc(NC(C)C(C)OC)cc1NC(=O)OC(C)(C)C. The third kappa shape index (κ3) is 6.36. The zero-order valence-electron chi connectivity index (χ0n) is 15.0. The van der Waals surface area contributed by atoms with Gasteiger partial charge in [0, 0.05) is 18.8 Å². The van der Waals surface area contributed by atoms with Crippen LogP contribution in [0.4, 0.5) is 16.2 Å². The van der Waals surface area contributed by atoms with Crippen LogP contribution in [-0.4, -0.2) is 38.1 Å². The van der Waals surface area contributed by atoms with Gasteiger partial charge in [-0.2, -0.15) is 0 Å². The van der Waals surface area contributed by atoms with E-state index < -0.39 is 11.7 Å². The molecule has 0 aromatic heterocycles. The molecule has 0 aliphatic heterocycles. The molecule has 1 aromatic carbocycles. The van der Waals surface area contributed by atoms with Crippen molar-refractivity contribution in [3.05, 3.63) is 18.2 Å². The average molecular weight is 324 g/mol. The van der Waals surface area contributed by atoms with E-state index in [4.69, 9.17) is 14.2 Å². The molecule has 0 spiro atoms. The van der Waals surface area contributed by atoms with Crippen LogP contribution in [0.1, 0.15) is 34.6 Å². The first kappa shape index (κ1) is 19.1. The van der Waals surface area contributed by atoms with E-state index >= 15 is 0 Å². The number of amides is 1. The van der Waals surface area contributed by atoms with E-state index in [1.165, 1.54) is 0 Å². The van der Waals surface area contributed by atoms with E-state index in [9.17, 15) is 4.79 Å². The Morgan fingerprint density at radius 3 is 2.35 bits per heavy atom. The number of benzene rings is 1. The highest BCUT2D eigenvalue weighted by Crippen LogP contribution is 2.29. The van der Waals surface area contributed by atoms with E-state index in [0.717, 1.165) is 5.69 Å². The molecule has 0 aliphatic rings. The second kappa shape index (κ2) is 8.06. The first-order valence-corrected chi connectivity index (χ1v) is 7.63. The van der Waals surface area contributed by atoms with Crippen molar-refractivity contribution in [3.8, 4) is 5.75 Å². The largest absolute Gasteiger partial charge is 0.495 e. The molecule has 1 aromatic rings. The molecule has 130 valence electrons. The summed E-state index contributed by atoms with van der Waals surface area (Å²) in [6.45, 7) is 9.46. The molecule has 2 atom stereocenters. The molecule has 2 unspecified atom stereocenters. The minimum atomic E-state index is -0.560. The van der Waals surface area contributed by atoms with Crippen molar-refractivity contribution in [1.82, 2.24) is 0 Å². The van der Waals surface area contributed by atoms with Gasteiger partial charge in [0.05, 0.1) is 18.9 Å². The van der Waals surface area contributed by atoms with Crippen LogP contribution >= 0.6 is 0 Å². The van der Waals surface area contributed by atoms with Crippen LogP contribution in [0, 0.1) is 0 Å². The van der Waals surface area contributed by atoms with E-state index in [-0.39, 0.29) is 12.1 Å². The molecule has 6 nitrogen and oxygen atoms in total. The van der Waals surface area contributed by atoms with Crippen molar-refractivity contribution < 1.29 is 19.0 Å². The Morgan fingerprint density at radius 2 is 1.83 bits per heavy atom. The topological polar surface area (TPSA) is 68.8 Å². The number of methoxy groups -OCH3 is 2. The summed E-state index contributed by atoms with van der Waals surface area (Å²) in [7, 11) is 3.23. The molecule has 0 heterocycles. The van der Waals surface area contributed by atoms with Crippen molar-refractivity contribution in [2.24, 2.45) is 0 Å². The molecule has 0 aliphatic carbocycles. The van der Waals surface area contributed by atoms with Crippen LogP contribution in [0.15, 0.2) is 18.2 Å². The van der Waals surface area contributed by atoms with E-state index in [0.29, 0.717) is 11.4 Å². The van der Waals surface area contributed by atoms with Crippen molar-refractivity contribution in [1.29, 1.82) is 0 Å². The lowest BCUT2D eigenvalue weighted by Crippen LogP contribution is -2.30. The highest BCUT2D eigenvalue weighted by atomic mass is 16.6. The first-order chi connectivity index (χ1) is 10.7. The highest BCUT2D eigenvalue weighted by molar-refractivity contribution is 5.88. The minimum absolute atomic E-state index is 0.0550. The van der Waals surface area contributed by atoms with Gasteiger partial charge in [-0.05, 0) is 52.8 Å². The average Bonchev–Trinajstić information content (AvgIpc) is 2.44. The molecule has 0 bridgehead atoms. The summed E-state index contributed by atoms with van der Waals surface area (Å²) in [5, 5.41) is 6.05. The standard InChI is InChI=1S/C17H28N2O4/c1-11(12(2)21-6)18-13-8-9-15(22-7)14(10-13)19-16(20)23-17(3,4)5/h8-12,18H,1-7H3,(H,19,20). The van der Waals surface area contributed by atoms with Gasteiger partial charge in [-0.1, -0.05) is 0 Å². The summed E-state index contributed by atoms with van der Waals surface area (Å²) in [5.41, 5.74) is 0.840. The number of hydrogen-bond acceptors (Lipinski definition) is 5. The molecule has 0 saturated carbocycles. The third-order valence-corrected chi connectivity index (χ3v) is 3.31. The Labute approximate surface area is 138 Å². The van der Waals surface area contributed by atoms with E-state index in [2.05, 4.69) is 10.6 Å². The Balaban J connectivity index is 2.89. The van der Waals surface area contributed by atoms with E-state index in [1.54, 1.807) is 20.3 Å². The molecule has 0 fully saturated rings. The summed E-state index contributed by atoms with van der Waals surface area (Å²) >= 11 is 0. The van der Waals surface area contributed by atoms with Crippen molar-refractivity contribution in [2.45, 2.75) is 52.4 Å². The van der Waals surface area contributed by atoms with Gasteiger partial charge >= 0.3 is 6.09 Å². The molecule has 0 radical (unpaired) electrons. The number of carbonyl (C=O) groups excluding carboxylic acids is 1. The highest BCUT2D eigenvalue weighted by Gasteiger charge is 2.18. The number of ether oxygens (including phenoxy) is 3. The lowest BCUT2D eigenvalue weighted by Gasteiger charge is -2.23. The van der Waals surface area contributed by atoms with Crippen LogP contribution in [0.2, 0.25) is 0 Å². The quantitative estimate of drug-likeness (QED) is 0.831. The zero-order chi connectivity index (χ0) is 17.6. The zero-order valence-corrected chi connectivity index (χ0v) is 15.0. The first-order valence-electron chi connectivity index (χ1n) is 7.63. The summed E-state index contributed by atoms with van der Waals surface area (Å²) in [6.07, 6.45) is -0.467. The Bertz CT molecular complexity index is 526. The molecule has 23 heavy (non-hydrogen) atoms. The van der Waals surface area contributed by atoms with Crippen molar-refractivity contribution in [2.75, 3.05) is 24.9 Å². The number of anilines is 2. The number of carbonyl (C=O) groups is 1. The van der Waals surface area contributed by atoms with Crippen LogP contribution in [-0.2, 0) is 9.47 Å². The second-order valence-corrected chi connectivity index (χ2v) is 6.42. The molecular weight excluding hydrogens is 296 g/mol. The van der Waals surface area contributed by atoms with Crippen LogP contribution in [0.25, 0.3) is 0 Å². The van der Waals surface area contributed by atoms with Gasteiger partial charge in [-0.25, -0.2) is 4.79 Å². The van der Waals surface area contributed by atoms with Gasteiger partial charge in [0.2, 0.25) is 0 Å². The van der Waals surface area contributed by atoms with Gasteiger partial charge in [-0.3, -0.25) is 5.32 Å². The predicted molar refractivity (Wildman–Crippen MR) is 92.4 cm³/mol. The summed E-state index contributed by atoms with van der Waals surface area (Å²) < 4.78 is 15.9. The van der Waals surface area contributed by atoms with Crippen molar-refractivity contribution >= 4 is 17.5 Å². The summed E-state index contributed by atoms with van der Waals surface area (Å²) in [5.74, 6) is 0.564. The summed E-state index contributed by atoms with van der Waals surface area (Å²) in [6, 6.07) is 5.60. The molecule has 1 amide bonds. The number of nitrogens with one attached hydrogen (secondary N) is 2. The fraction of sp³-hybridized carbons (Fsp3) is 0.588. The fourth-order valence-electron chi connectivity index (χ4n) is 1.89. The Kier molecular flexibility index (Phi) is 6.69. The Morgan fingerprint density at radius 1 is 1.17 bits per heavy atom. The fourth-order valence-corrected chi connectivity index (χ4v) is 1.89. The lowest BCUT2D eigenvalue weighted by atomic mass is 10.2. The van der Waals surface area contributed by atoms with Gasteiger partial charge < -0.3 is 19.5 Å². The molecule has 1 rings (SSSR count). The normalized spacial score (nSPS) is 13.9. The van der Waals surface area contributed by atoms with Crippen molar-refractivity contribution in [3.63, 3.8) is 0 Å². The number of hydrogen-bond donors (Lipinski definition) is 2. The molecule has 0 saturated heterocycles. The third-order valence-electron chi connectivity index (χ3n) is 3.31. The van der Waals surface area contributed by atoms with Gasteiger partial charge in [0.25, 0.3) is 0 Å². The maximum atomic E-state index is 12.0. The minimum Gasteiger partial charge on any atom is -0.495 e. The van der Waals surface area contributed by atoms with Crippen LogP contribution in [0.3, 0.4) is 0 Å². The maximum absolute atomic E-state index is 12.0. The predicted octanol–water partition coefficient (Wildman–Crippen LogP) is 3.88. The van der Waals surface area contributed by atoms with Gasteiger partial charge in [0.1, 0.15) is 11.4 Å². The van der Waals surface area contributed by atoms with Crippen LogP contribution < -0.4 is 15.4 Å². The molecule has 6 heteroatoms. The van der Waals surface area contributed by atoms with Crippen LogP contribution in [0.5, 0.6) is 5.75 Å². The maximum Gasteiger partial charge on any atom is 0.412 e. The second-order valence-electron chi connectivity index (χ2n) is 6.42. The Hall–Kier alpha value is -1.95. The van der Waals surface area contributed by atoms with Gasteiger partial charge in [0.15, 0.2) is 0 Å².